The maximum Gasteiger partial charge on any atom is 0.223 e. The van der Waals surface area contributed by atoms with Gasteiger partial charge in [0.05, 0.1) is 14.2 Å². The second-order valence-corrected chi connectivity index (χ2v) is 6.32. The van der Waals surface area contributed by atoms with Crippen molar-refractivity contribution in [1.82, 2.24) is 5.32 Å². The van der Waals surface area contributed by atoms with Gasteiger partial charge < -0.3 is 20.5 Å². The van der Waals surface area contributed by atoms with Crippen molar-refractivity contribution in [3.8, 4) is 11.5 Å². The van der Waals surface area contributed by atoms with Crippen molar-refractivity contribution in [3.63, 3.8) is 0 Å². The van der Waals surface area contributed by atoms with Crippen LogP contribution in [0.15, 0.2) is 24.8 Å². The van der Waals surface area contributed by atoms with Gasteiger partial charge in [-0.1, -0.05) is 12.5 Å². The lowest BCUT2D eigenvalue weighted by Gasteiger charge is -2.25. The molecule has 2 unspecified atom stereocenters. The zero-order valence-electron chi connectivity index (χ0n) is 15.0. The first-order chi connectivity index (χ1) is 11.6. The summed E-state index contributed by atoms with van der Waals surface area (Å²) >= 11 is 0. The lowest BCUT2D eigenvalue weighted by atomic mass is 9.85. The summed E-state index contributed by atoms with van der Waals surface area (Å²) in [5.41, 5.74) is 7.95. The van der Waals surface area contributed by atoms with E-state index in [0.29, 0.717) is 24.5 Å². The van der Waals surface area contributed by atoms with E-state index in [-0.39, 0.29) is 30.3 Å². The number of ether oxygens (including phenoxy) is 2. The number of amides is 1. The summed E-state index contributed by atoms with van der Waals surface area (Å²) in [5.74, 6) is 1.50. The van der Waals surface area contributed by atoms with E-state index in [0.717, 1.165) is 36.8 Å². The van der Waals surface area contributed by atoms with E-state index in [1.165, 1.54) is 0 Å². The molecule has 1 aliphatic rings. The zero-order valence-corrected chi connectivity index (χ0v) is 15.9. The molecule has 1 aromatic carbocycles. The van der Waals surface area contributed by atoms with E-state index in [1.807, 2.05) is 18.2 Å². The van der Waals surface area contributed by atoms with Crippen molar-refractivity contribution >= 4 is 18.3 Å². The maximum atomic E-state index is 12.4. The number of nitrogens with one attached hydrogen (secondary N) is 1. The van der Waals surface area contributed by atoms with Crippen LogP contribution in [0.4, 0.5) is 0 Å². The van der Waals surface area contributed by atoms with Crippen molar-refractivity contribution in [2.75, 3.05) is 14.2 Å². The van der Waals surface area contributed by atoms with Gasteiger partial charge in [-0.15, -0.1) is 19.0 Å². The Kier molecular flexibility index (Phi) is 8.79. The fourth-order valence-electron chi connectivity index (χ4n) is 3.31. The van der Waals surface area contributed by atoms with Crippen molar-refractivity contribution < 1.29 is 14.3 Å². The van der Waals surface area contributed by atoms with Crippen LogP contribution in [0.5, 0.6) is 11.5 Å². The zero-order chi connectivity index (χ0) is 17.5. The second-order valence-electron chi connectivity index (χ2n) is 6.32. The fourth-order valence-corrected chi connectivity index (χ4v) is 3.31. The molecule has 0 bridgehead atoms. The fraction of sp³-hybridized carbons (Fsp3) is 0.526. The van der Waals surface area contributed by atoms with Gasteiger partial charge in [0.1, 0.15) is 0 Å². The molecule has 0 radical (unpaired) electrons. The van der Waals surface area contributed by atoms with Crippen LogP contribution in [0.2, 0.25) is 0 Å². The Morgan fingerprint density at radius 2 is 2.12 bits per heavy atom. The van der Waals surface area contributed by atoms with Crippen LogP contribution in [0.3, 0.4) is 0 Å². The molecule has 1 amide bonds. The molecule has 0 spiro atoms. The number of rotatable bonds is 7. The summed E-state index contributed by atoms with van der Waals surface area (Å²) < 4.78 is 10.8. The van der Waals surface area contributed by atoms with Gasteiger partial charge in [-0.2, -0.15) is 0 Å². The predicted molar refractivity (Wildman–Crippen MR) is 102 cm³/mol. The Bertz CT molecular complexity index is 592. The molecule has 25 heavy (non-hydrogen) atoms. The third kappa shape index (κ3) is 5.65. The molecule has 6 heteroatoms. The summed E-state index contributed by atoms with van der Waals surface area (Å²) in [6.45, 7) is 4.25. The quantitative estimate of drug-likeness (QED) is 0.725. The minimum Gasteiger partial charge on any atom is -0.493 e. The summed E-state index contributed by atoms with van der Waals surface area (Å²) in [4.78, 5) is 12.4. The number of nitrogens with two attached hydrogens (primary N) is 1. The van der Waals surface area contributed by atoms with Crippen LogP contribution in [0, 0.1) is 5.92 Å². The number of hydrogen-bond acceptors (Lipinski definition) is 4. The Balaban J connectivity index is 0.00000312. The molecule has 0 heterocycles. The number of allylic oxidation sites excluding steroid dienone is 1. The van der Waals surface area contributed by atoms with Gasteiger partial charge in [0.2, 0.25) is 5.91 Å². The van der Waals surface area contributed by atoms with Gasteiger partial charge >= 0.3 is 0 Å². The van der Waals surface area contributed by atoms with E-state index in [4.69, 9.17) is 15.2 Å². The Morgan fingerprint density at radius 1 is 1.36 bits per heavy atom. The molecule has 1 aliphatic carbocycles. The second kappa shape index (κ2) is 10.3. The van der Waals surface area contributed by atoms with E-state index < -0.39 is 0 Å². The van der Waals surface area contributed by atoms with E-state index in [2.05, 4.69) is 11.9 Å². The average molecular weight is 369 g/mol. The number of carbonyl (C=O) groups excluding carboxylic acids is 1. The molecule has 1 fully saturated rings. The average Bonchev–Trinajstić information content (AvgIpc) is 2.59. The normalized spacial score (nSPS) is 19.5. The van der Waals surface area contributed by atoms with Gasteiger partial charge in [-0.3, -0.25) is 4.79 Å². The molecule has 0 aliphatic heterocycles. The number of benzene rings is 1. The molecule has 0 saturated heterocycles. The molecule has 5 nitrogen and oxygen atoms in total. The predicted octanol–water partition coefficient (Wildman–Crippen LogP) is 2.99. The van der Waals surface area contributed by atoms with Crippen LogP contribution >= 0.6 is 12.4 Å². The number of carbonyl (C=O) groups is 1. The van der Waals surface area contributed by atoms with Crippen molar-refractivity contribution in [1.29, 1.82) is 0 Å². The topological polar surface area (TPSA) is 73.6 Å². The van der Waals surface area contributed by atoms with Crippen molar-refractivity contribution in [2.24, 2.45) is 11.7 Å². The molecular weight excluding hydrogens is 340 g/mol. The van der Waals surface area contributed by atoms with Crippen molar-refractivity contribution in [2.45, 2.75) is 44.7 Å². The third-order valence-electron chi connectivity index (χ3n) is 4.53. The molecule has 1 aromatic rings. The lowest BCUT2D eigenvalue weighted by Crippen LogP contribution is -2.37. The smallest absolute Gasteiger partial charge is 0.223 e. The van der Waals surface area contributed by atoms with Crippen LogP contribution in [0.1, 0.15) is 36.8 Å². The van der Waals surface area contributed by atoms with Gasteiger partial charge in [0.15, 0.2) is 11.5 Å². The van der Waals surface area contributed by atoms with Crippen LogP contribution in [-0.4, -0.2) is 26.2 Å². The monoisotopic (exact) mass is 368 g/mol. The van der Waals surface area contributed by atoms with Crippen LogP contribution < -0.4 is 20.5 Å². The molecule has 3 N–H and O–H groups in total. The highest BCUT2D eigenvalue weighted by molar-refractivity contribution is 5.85. The summed E-state index contributed by atoms with van der Waals surface area (Å²) in [6, 6.07) is 4.07. The molecule has 2 atom stereocenters. The van der Waals surface area contributed by atoms with Gasteiger partial charge in [0.25, 0.3) is 0 Å². The number of hydrogen-bond donors (Lipinski definition) is 2. The number of methoxy groups -OCH3 is 2. The Hall–Kier alpha value is -1.72. The van der Waals surface area contributed by atoms with Gasteiger partial charge in [-0.05, 0) is 43.4 Å². The van der Waals surface area contributed by atoms with Crippen LogP contribution in [0.25, 0.3) is 0 Å². The largest absolute Gasteiger partial charge is 0.493 e. The van der Waals surface area contributed by atoms with Crippen molar-refractivity contribution in [3.05, 3.63) is 35.9 Å². The van der Waals surface area contributed by atoms with E-state index in [1.54, 1.807) is 14.2 Å². The van der Waals surface area contributed by atoms with Gasteiger partial charge in [-0.25, -0.2) is 0 Å². The van der Waals surface area contributed by atoms with E-state index in [9.17, 15) is 4.79 Å². The lowest BCUT2D eigenvalue weighted by molar-refractivity contribution is -0.126. The highest BCUT2D eigenvalue weighted by atomic mass is 35.5. The minimum absolute atomic E-state index is 0. The highest BCUT2D eigenvalue weighted by Crippen LogP contribution is 2.33. The minimum atomic E-state index is 0. The standard InChI is InChI=1S/C19H28N2O3.ClH/c1-4-6-14-9-13(10-17(23-2)18(14)24-3)12-21-19(22)15-7-5-8-16(20)11-15;/h4,9-10,15-16H,1,5-8,11-12,20H2,2-3H3,(H,21,22);1H. The molecule has 0 aromatic heterocycles. The highest BCUT2D eigenvalue weighted by Gasteiger charge is 2.25. The molecular formula is C19H29ClN2O3. The summed E-state index contributed by atoms with van der Waals surface area (Å²) in [6.07, 6.45) is 6.25. The molecule has 1 saturated carbocycles. The maximum absolute atomic E-state index is 12.4. The van der Waals surface area contributed by atoms with Gasteiger partial charge in [0, 0.05) is 24.1 Å². The SMILES string of the molecule is C=CCc1cc(CNC(=O)C2CCCC(N)C2)cc(OC)c1OC.Cl. The Morgan fingerprint density at radius 3 is 2.72 bits per heavy atom. The first-order valence-corrected chi connectivity index (χ1v) is 8.47. The summed E-state index contributed by atoms with van der Waals surface area (Å²) in [5, 5.41) is 3.03. The first kappa shape index (κ1) is 21.3. The molecule has 2 rings (SSSR count). The first-order valence-electron chi connectivity index (χ1n) is 8.47. The molecule has 140 valence electrons. The van der Waals surface area contributed by atoms with E-state index >= 15 is 0 Å². The summed E-state index contributed by atoms with van der Waals surface area (Å²) in [7, 11) is 3.24. The Labute approximate surface area is 156 Å². The number of halogens is 1. The third-order valence-corrected chi connectivity index (χ3v) is 4.53. The van der Waals surface area contributed by atoms with Crippen LogP contribution in [-0.2, 0) is 17.8 Å².